The molecule has 3 heterocycles. The van der Waals surface area contributed by atoms with Gasteiger partial charge >= 0.3 is 0 Å². The summed E-state index contributed by atoms with van der Waals surface area (Å²) in [7, 11) is 0. The SMILES string of the molecule is CC[C@H]1Cn2c(C(=O)NC3CCN(Cc4ccccc4)CC3)cc3cccc(c32)O1. The fourth-order valence-corrected chi connectivity index (χ4v) is 4.73. The Hall–Kier alpha value is -2.79. The van der Waals surface area contributed by atoms with E-state index >= 15 is 0 Å². The van der Waals surface area contributed by atoms with Crippen molar-refractivity contribution in [2.45, 2.75) is 51.4 Å². The number of nitrogens with one attached hydrogen (secondary N) is 1. The summed E-state index contributed by atoms with van der Waals surface area (Å²) in [5.74, 6) is 0.925. The number of benzene rings is 2. The Bertz CT molecular complexity index is 1040. The van der Waals surface area contributed by atoms with Crippen molar-refractivity contribution in [2.24, 2.45) is 0 Å². The molecular weight excluding hydrogens is 374 g/mol. The normalized spacial score (nSPS) is 19.6. The minimum absolute atomic E-state index is 0.0374. The fourth-order valence-electron chi connectivity index (χ4n) is 4.73. The molecule has 5 rings (SSSR count). The molecule has 156 valence electrons. The molecule has 0 radical (unpaired) electrons. The van der Waals surface area contributed by atoms with E-state index in [1.165, 1.54) is 5.56 Å². The van der Waals surface area contributed by atoms with Crippen molar-refractivity contribution in [3.8, 4) is 5.75 Å². The Morgan fingerprint density at radius 2 is 1.90 bits per heavy atom. The number of likely N-dealkylation sites (tertiary alicyclic amines) is 1. The standard InChI is InChI=1S/C25H29N3O2/c1-2-21-17-28-22(15-19-9-6-10-23(30-21)24(19)28)25(29)26-20-11-13-27(14-12-20)16-18-7-4-3-5-8-18/h3-10,15,20-21H,2,11-14,16-17H2,1H3,(H,26,29)/t21-/m0/s1. The van der Waals surface area contributed by atoms with Crippen molar-refractivity contribution in [1.29, 1.82) is 0 Å². The van der Waals surface area contributed by atoms with Crippen LogP contribution in [-0.2, 0) is 13.1 Å². The van der Waals surface area contributed by atoms with Crippen LogP contribution in [0.4, 0.5) is 0 Å². The van der Waals surface area contributed by atoms with Gasteiger partial charge in [0.2, 0.25) is 0 Å². The molecule has 0 aliphatic carbocycles. The smallest absolute Gasteiger partial charge is 0.268 e. The molecule has 3 aromatic rings. The van der Waals surface area contributed by atoms with Crippen LogP contribution in [0.2, 0.25) is 0 Å². The van der Waals surface area contributed by atoms with Crippen molar-refractivity contribution in [3.63, 3.8) is 0 Å². The zero-order valence-corrected chi connectivity index (χ0v) is 17.5. The van der Waals surface area contributed by atoms with Gasteiger partial charge in [0.25, 0.3) is 5.91 Å². The number of rotatable bonds is 5. The Labute approximate surface area is 177 Å². The van der Waals surface area contributed by atoms with Gasteiger partial charge in [0.1, 0.15) is 17.5 Å². The third kappa shape index (κ3) is 3.70. The number of hydrogen-bond donors (Lipinski definition) is 1. The maximum atomic E-state index is 13.2. The van der Waals surface area contributed by atoms with Gasteiger partial charge in [0.15, 0.2) is 0 Å². The van der Waals surface area contributed by atoms with Crippen LogP contribution in [-0.4, -0.2) is 40.6 Å². The van der Waals surface area contributed by atoms with Crippen molar-refractivity contribution >= 4 is 16.8 Å². The fraction of sp³-hybridized carbons (Fsp3) is 0.400. The van der Waals surface area contributed by atoms with Crippen LogP contribution in [0, 0.1) is 0 Å². The quantitative estimate of drug-likeness (QED) is 0.694. The highest BCUT2D eigenvalue weighted by atomic mass is 16.5. The average Bonchev–Trinajstić information content (AvgIpc) is 3.16. The number of para-hydroxylation sites is 1. The summed E-state index contributed by atoms with van der Waals surface area (Å²) in [5, 5.41) is 4.38. The first-order valence-corrected chi connectivity index (χ1v) is 11.1. The van der Waals surface area contributed by atoms with E-state index in [-0.39, 0.29) is 18.1 Å². The number of piperidine rings is 1. The third-order valence-corrected chi connectivity index (χ3v) is 6.42. The van der Waals surface area contributed by atoms with E-state index in [1.807, 2.05) is 18.2 Å². The summed E-state index contributed by atoms with van der Waals surface area (Å²) in [6.45, 7) is 5.87. The maximum Gasteiger partial charge on any atom is 0.268 e. The lowest BCUT2D eigenvalue weighted by Gasteiger charge is -2.32. The molecule has 1 amide bonds. The molecule has 0 bridgehead atoms. The monoisotopic (exact) mass is 403 g/mol. The van der Waals surface area contributed by atoms with Gasteiger partial charge in [-0.1, -0.05) is 49.4 Å². The van der Waals surface area contributed by atoms with E-state index in [0.717, 1.165) is 67.8 Å². The van der Waals surface area contributed by atoms with Gasteiger partial charge in [-0.3, -0.25) is 9.69 Å². The summed E-state index contributed by atoms with van der Waals surface area (Å²) in [6, 6.07) is 18.9. The number of amides is 1. The molecule has 5 heteroatoms. The van der Waals surface area contributed by atoms with Gasteiger partial charge < -0.3 is 14.6 Å². The average molecular weight is 404 g/mol. The third-order valence-electron chi connectivity index (χ3n) is 6.42. The largest absolute Gasteiger partial charge is 0.486 e. The first-order chi connectivity index (χ1) is 14.7. The van der Waals surface area contributed by atoms with Gasteiger partial charge in [0, 0.05) is 31.1 Å². The van der Waals surface area contributed by atoms with Crippen LogP contribution >= 0.6 is 0 Å². The second-order valence-electron chi connectivity index (χ2n) is 8.49. The Morgan fingerprint density at radius 3 is 2.67 bits per heavy atom. The van der Waals surface area contributed by atoms with E-state index in [1.54, 1.807) is 0 Å². The van der Waals surface area contributed by atoms with Crippen LogP contribution in [0.15, 0.2) is 54.6 Å². The van der Waals surface area contributed by atoms with E-state index in [0.29, 0.717) is 0 Å². The van der Waals surface area contributed by atoms with E-state index < -0.39 is 0 Å². The van der Waals surface area contributed by atoms with E-state index in [9.17, 15) is 4.79 Å². The topological polar surface area (TPSA) is 46.5 Å². The number of hydrogen-bond acceptors (Lipinski definition) is 3. The second kappa shape index (κ2) is 8.15. The lowest BCUT2D eigenvalue weighted by atomic mass is 10.0. The highest BCUT2D eigenvalue weighted by molar-refractivity contribution is 6.00. The molecule has 1 N–H and O–H groups in total. The Morgan fingerprint density at radius 1 is 1.10 bits per heavy atom. The van der Waals surface area contributed by atoms with Crippen LogP contribution < -0.4 is 10.1 Å². The molecule has 0 unspecified atom stereocenters. The van der Waals surface area contributed by atoms with Crippen LogP contribution in [0.1, 0.15) is 42.2 Å². The zero-order valence-electron chi connectivity index (χ0n) is 17.5. The minimum atomic E-state index is 0.0374. The van der Waals surface area contributed by atoms with Crippen molar-refractivity contribution in [3.05, 3.63) is 65.9 Å². The zero-order chi connectivity index (χ0) is 20.5. The number of carbonyl (C=O) groups excluding carboxylic acids is 1. The lowest BCUT2D eigenvalue weighted by Crippen LogP contribution is -2.45. The van der Waals surface area contributed by atoms with Gasteiger partial charge in [-0.25, -0.2) is 0 Å². The molecule has 1 aromatic heterocycles. The maximum absolute atomic E-state index is 13.2. The summed E-state index contributed by atoms with van der Waals surface area (Å²) in [6.07, 6.45) is 3.02. The molecule has 1 fully saturated rings. The van der Waals surface area contributed by atoms with Crippen molar-refractivity contribution in [2.75, 3.05) is 13.1 Å². The number of ether oxygens (including phenoxy) is 1. The first-order valence-electron chi connectivity index (χ1n) is 11.1. The molecule has 0 saturated carbocycles. The number of carbonyl (C=O) groups is 1. The van der Waals surface area contributed by atoms with E-state index in [4.69, 9.17) is 4.74 Å². The Kier molecular flexibility index (Phi) is 5.21. The molecule has 2 aliphatic heterocycles. The highest BCUT2D eigenvalue weighted by Gasteiger charge is 2.27. The second-order valence-corrected chi connectivity index (χ2v) is 8.49. The lowest BCUT2D eigenvalue weighted by molar-refractivity contribution is 0.0893. The molecule has 30 heavy (non-hydrogen) atoms. The summed E-state index contributed by atoms with van der Waals surface area (Å²) in [4.78, 5) is 15.7. The molecule has 1 atom stereocenters. The molecule has 1 saturated heterocycles. The van der Waals surface area contributed by atoms with E-state index in [2.05, 4.69) is 58.1 Å². The summed E-state index contributed by atoms with van der Waals surface area (Å²) >= 11 is 0. The van der Waals surface area contributed by atoms with Gasteiger partial charge in [-0.15, -0.1) is 0 Å². The number of nitrogens with zero attached hydrogens (tertiary/aromatic N) is 2. The summed E-state index contributed by atoms with van der Waals surface area (Å²) in [5.41, 5.74) is 3.15. The predicted molar refractivity (Wildman–Crippen MR) is 119 cm³/mol. The number of aromatic nitrogens is 1. The minimum Gasteiger partial charge on any atom is -0.486 e. The highest BCUT2D eigenvalue weighted by Crippen LogP contribution is 2.34. The molecule has 5 nitrogen and oxygen atoms in total. The molecule has 0 spiro atoms. The van der Waals surface area contributed by atoms with Gasteiger partial charge in [-0.05, 0) is 37.0 Å². The molecular formula is C25H29N3O2. The molecule has 2 aliphatic rings. The van der Waals surface area contributed by atoms with Crippen molar-refractivity contribution in [1.82, 2.24) is 14.8 Å². The summed E-state index contributed by atoms with van der Waals surface area (Å²) < 4.78 is 8.25. The van der Waals surface area contributed by atoms with Crippen LogP contribution in [0.5, 0.6) is 5.75 Å². The first kappa shape index (κ1) is 19.2. The van der Waals surface area contributed by atoms with Crippen LogP contribution in [0.25, 0.3) is 10.9 Å². The van der Waals surface area contributed by atoms with Gasteiger partial charge in [0.05, 0.1) is 12.1 Å². The van der Waals surface area contributed by atoms with Gasteiger partial charge in [-0.2, -0.15) is 0 Å². The molecule has 2 aromatic carbocycles. The van der Waals surface area contributed by atoms with Crippen molar-refractivity contribution < 1.29 is 9.53 Å². The van der Waals surface area contributed by atoms with Crippen LogP contribution in [0.3, 0.4) is 0 Å². The predicted octanol–water partition coefficient (Wildman–Crippen LogP) is 4.21. The Balaban J connectivity index is 1.26.